The van der Waals surface area contributed by atoms with Crippen LogP contribution in [-0.2, 0) is 21.6 Å². The molecule has 40 heavy (non-hydrogen) atoms. The predicted octanol–water partition coefficient (Wildman–Crippen LogP) is 2.82. The molecule has 0 spiro atoms. The highest BCUT2D eigenvalue weighted by Crippen LogP contribution is 2.54. The molecule has 0 radical (unpaired) electrons. The van der Waals surface area contributed by atoms with Crippen molar-refractivity contribution in [1.82, 2.24) is 14.7 Å². The lowest BCUT2D eigenvalue weighted by Crippen LogP contribution is -2.39. The number of rotatable bonds is 9. The van der Waals surface area contributed by atoms with Gasteiger partial charge >= 0.3 is 0 Å². The van der Waals surface area contributed by atoms with Crippen LogP contribution in [0.1, 0.15) is 54.1 Å². The lowest BCUT2D eigenvalue weighted by atomic mass is 9.92. The van der Waals surface area contributed by atoms with Gasteiger partial charge in [-0.2, -0.15) is 5.10 Å². The van der Waals surface area contributed by atoms with E-state index in [1.165, 1.54) is 22.9 Å². The summed E-state index contributed by atoms with van der Waals surface area (Å²) in [6, 6.07) is 3.93. The van der Waals surface area contributed by atoms with Crippen LogP contribution >= 0.6 is 11.6 Å². The molecular weight excluding hydrogens is 561 g/mol. The number of carbonyl (C=O) groups excluding carboxylic acids is 1. The normalized spacial score (nSPS) is 27.1. The number of nitrogens with one attached hydrogen (secondary N) is 1. The number of amides is 1. The van der Waals surface area contributed by atoms with Crippen LogP contribution < -0.4 is 11.1 Å². The molecule has 3 fully saturated rings. The summed E-state index contributed by atoms with van der Waals surface area (Å²) in [5, 5.41) is 18.5. The number of nitrogen functional groups attached to an aromatic ring is 1. The van der Waals surface area contributed by atoms with Gasteiger partial charge in [0.2, 0.25) is 0 Å². The molecule has 0 bridgehead atoms. The number of hydrogen-bond donors (Lipinski definition) is 3. The van der Waals surface area contributed by atoms with E-state index in [-0.39, 0.29) is 45.7 Å². The van der Waals surface area contributed by atoms with Gasteiger partial charge in [0.25, 0.3) is 5.91 Å². The Morgan fingerprint density at radius 1 is 1.27 bits per heavy atom. The minimum absolute atomic E-state index is 0.0502. The van der Waals surface area contributed by atoms with Gasteiger partial charge in [-0.15, -0.1) is 0 Å². The van der Waals surface area contributed by atoms with E-state index in [1.807, 2.05) is 0 Å². The number of anilines is 2. The molecule has 220 valence electrons. The average molecular weight is 598 g/mol. The second-order valence-electron chi connectivity index (χ2n) is 11.6. The SMILES string of the molecule is Cn1nc(C2CC3CC(O)(CS(=O)(=O)CCCN4CCOCC4)C[C@@H]3C2)c(C(=O)Nc2ccc(F)c(Cl)c2)c1N. The predicted molar refractivity (Wildman–Crippen MR) is 151 cm³/mol. The van der Waals surface area contributed by atoms with Gasteiger partial charge in [-0.25, -0.2) is 12.8 Å². The molecule has 13 heteroatoms. The molecule has 1 aromatic heterocycles. The number of nitrogens with two attached hydrogens (primary N) is 1. The van der Waals surface area contributed by atoms with Gasteiger partial charge in [-0.3, -0.25) is 14.4 Å². The zero-order valence-electron chi connectivity index (χ0n) is 22.6. The van der Waals surface area contributed by atoms with Gasteiger partial charge in [-0.05, 0) is 68.7 Å². The number of benzene rings is 1. The summed E-state index contributed by atoms with van der Waals surface area (Å²) in [6.45, 7) is 3.71. The molecule has 1 saturated heterocycles. The van der Waals surface area contributed by atoms with E-state index >= 15 is 0 Å². The Bertz CT molecular complexity index is 1350. The Balaban J connectivity index is 1.20. The van der Waals surface area contributed by atoms with Crippen LogP contribution in [0.4, 0.5) is 15.9 Å². The number of aliphatic hydroxyl groups is 1. The first kappa shape index (κ1) is 29.2. The smallest absolute Gasteiger partial charge is 0.261 e. The summed E-state index contributed by atoms with van der Waals surface area (Å²) in [5.74, 6) is -0.759. The maximum atomic E-state index is 13.5. The van der Waals surface area contributed by atoms with Crippen molar-refractivity contribution in [2.24, 2.45) is 18.9 Å². The molecule has 2 heterocycles. The van der Waals surface area contributed by atoms with Crippen molar-refractivity contribution in [3.63, 3.8) is 0 Å². The fourth-order valence-electron chi connectivity index (χ4n) is 6.77. The van der Waals surface area contributed by atoms with Gasteiger partial charge in [-0.1, -0.05) is 11.6 Å². The molecule has 1 aromatic carbocycles. The van der Waals surface area contributed by atoms with E-state index in [0.717, 1.165) is 13.1 Å². The molecule has 4 N–H and O–H groups in total. The number of fused-ring (bicyclic) bond motifs is 1. The number of sulfone groups is 1. The van der Waals surface area contributed by atoms with E-state index in [9.17, 15) is 22.7 Å². The quantitative estimate of drug-likeness (QED) is 0.401. The minimum atomic E-state index is -3.40. The van der Waals surface area contributed by atoms with E-state index in [0.29, 0.717) is 63.2 Å². The van der Waals surface area contributed by atoms with Gasteiger partial charge in [0.1, 0.15) is 17.2 Å². The lowest BCUT2D eigenvalue weighted by Gasteiger charge is -2.27. The number of aryl methyl sites for hydroxylation is 1. The Labute approximate surface area is 238 Å². The van der Waals surface area contributed by atoms with Gasteiger partial charge in [0, 0.05) is 31.7 Å². The number of ether oxygens (including phenoxy) is 1. The molecular formula is C27H37ClFN5O5S. The highest BCUT2D eigenvalue weighted by molar-refractivity contribution is 7.91. The third kappa shape index (κ3) is 6.46. The second kappa shape index (κ2) is 11.6. The zero-order chi connectivity index (χ0) is 28.7. The van der Waals surface area contributed by atoms with Crippen molar-refractivity contribution in [3.8, 4) is 0 Å². The number of halogens is 2. The average Bonchev–Trinajstić information content (AvgIpc) is 3.50. The second-order valence-corrected chi connectivity index (χ2v) is 14.2. The summed E-state index contributed by atoms with van der Waals surface area (Å²) >= 11 is 5.86. The summed E-state index contributed by atoms with van der Waals surface area (Å²) in [4.78, 5) is 15.4. The number of carbonyl (C=O) groups is 1. The van der Waals surface area contributed by atoms with Crippen LogP contribution in [-0.4, -0.2) is 84.1 Å². The maximum absolute atomic E-state index is 13.5. The molecule has 1 aliphatic heterocycles. The summed E-state index contributed by atoms with van der Waals surface area (Å²) < 4.78 is 46.1. The monoisotopic (exact) mass is 597 g/mol. The molecule has 2 aromatic rings. The van der Waals surface area contributed by atoms with E-state index in [4.69, 9.17) is 22.1 Å². The Hall–Kier alpha value is -2.25. The maximum Gasteiger partial charge on any atom is 0.261 e. The number of aromatic nitrogens is 2. The van der Waals surface area contributed by atoms with Crippen LogP contribution in [0.15, 0.2) is 18.2 Å². The number of morpholine rings is 1. The van der Waals surface area contributed by atoms with Crippen molar-refractivity contribution < 1.29 is 27.4 Å². The molecule has 2 aliphatic carbocycles. The largest absolute Gasteiger partial charge is 0.389 e. The van der Waals surface area contributed by atoms with Crippen LogP contribution in [0.5, 0.6) is 0 Å². The summed E-state index contributed by atoms with van der Waals surface area (Å²) in [6.07, 6.45) is 2.74. The van der Waals surface area contributed by atoms with Crippen molar-refractivity contribution in [3.05, 3.63) is 40.3 Å². The van der Waals surface area contributed by atoms with Gasteiger partial charge in [0.15, 0.2) is 9.84 Å². The van der Waals surface area contributed by atoms with Crippen LogP contribution in [0, 0.1) is 17.7 Å². The third-order valence-electron chi connectivity index (χ3n) is 8.56. The third-order valence-corrected chi connectivity index (χ3v) is 10.7. The highest BCUT2D eigenvalue weighted by atomic mass is 35.5. The zero-order valence-corrected chi connectivity index (χ0v) is 24.2. The first-order chi connectivity index (χ1) is 18.9. The highest BCUT2D eigenvalue weighted by Gasteiger charge is 2.51. The van der Waals surface area contributed by atoms with Crippen LogP contribution in [0.3, 0.4) is 0 Å². The van der Waals surface area contributed by atoms with Gasteiger partial charge < -0.3 is 20.9 Å². The fraction of sp³-hybridized carbons (Fsp3) is 0.630. The minimum Gasteiger partial charge on any atom is -0.389 e. The molecule has 2 saturated carbocycles. The number of hydrogen-bond acceptors (Lipinski definition) is 8. The molecule has 5 rings (SSSR count). The molecule has 3 aliphatic rings. The molecule has 3 unspecified atom stereocenters. The van der Waals surface area contributed by atoms with Crippen molar-refractivity contribution in [1.29, 1.82) is 0 Å². The van der Waals surface area contributed by atoms with E-state index in [2.05, 4.69) is 15.3 Å². The molecule has 1 amide bonds. The van der Waals surface area contributed by atoms with Crippen LogP contribution in [0.2, 0.25) is 5.02 Å². The van der Waals surface area contributed by atoms with Gasteiger partial charge in [0.05, 0.1) is 41.0 Å². The van der Waals surface area contributed by atoms with Crippen molar-refractivity contribution in [2.45, 2.75) is 43.6 Å². The first-order valence-electron chi connectivity index (χ1n) is 13.7. The van der Waals surface area contributed by atoms with Crippen LogP contribution in [0.25, 0.3) is 0 Å². The summed E-state index contributed by atoms with van der Waals surface area (Å²) in [5.41, 5.74) is 6.19. The van der Waals surface area contributed by atoms with Crippen molar-refractivity contribution in [2.75, 3.05) is 55.4 Å². The Morgan fingerprint density at radius 2 is 1.95 bits per heavy atom. The Kier molecular flexibility index (Phi) is 8.45. The topological polar surface area (TPSA) is 140 Å². The fourth-order valence-corrected chi connectivity index (χ4v) is 8.72. The molecule has 4 atom stereocenters. The first-order valence-corrected chi connectivity index (χ1v) is 15.9. The molecule has 10 nitrogen and oxygen atoms in total. The van der Waals surface area contributed by atoms with E-state index in [1.54, 1.807) is 7.05 Å². The van der Waals surface area contributed by atoms with E-state index < -0.39 is 27.2 Å². The number of nitrogens with zero attached hydrogens (tertiary/aromatic N) is 3. The summed E-state index contributed by atoms with van der Waals surface area (Å²) in [7, 11) is -1.73. The standard InChI is InChI=1S/C27H37ClFN5O5S/c1-33-25(30)23(26(35)31-20-3-4-22(29)21(28)13-20)24(32-33)17-11-18-14-27(36,15-19(18)12-17)16-40(37,38)10-2-5-34-6-8-39-9-7-34/h3-4,13,17-19,36H,2,5-12,14-16,30H2,1H3,(H,31,35)/t17?,18-,19?,27?/m0/s1. The van der Waals surface area contributed by atoms with Crippen molar-refractivity contribution >= 4 is 38.9 Å². The Morgan fingerprint density at radius 3 is 2.60 bits per heavy atom. The lowest BCUT2D eigenvalue weighted by molar-refractivity contribution is 0.0380.